The molecule has 0 spiro atoms. The van der Waals surface area contributed by atoms with Gasteiger partial charge in [-0.2, -0.15) is 13.2 Å². The lowest BCUT2D eigenvalue weighted by Gasteiger charge is -2.06. The Balaban J connectivity index is 1.91. The summed E-state index contributed by atoms with van der Waals surface area (Å²) in [5.41, 5.74) is -0.754. The highest BCUT2D eigenvalue weighted by Gasteiger charge is 2.38. The second-order valence-electron chi connectivity index (χ2n) is 4.57. The molecule has 8 heteroatoms. The first-order valence-corrected chi connectivity index (χ1v) is 8.47. The van der Waals surface area contributed by atoms with E-state index >= 15 is 0 Å². The monoisotopic (exact) mass is 382 g/mol. The van der Waals surface area contributed by atoms with E-state index in [1.165, 1.54) is 11.3 Å². The second kappa shape index (κ2) is 5.40. The third-order valence-corrected chi connectivity index (χ3v) is 5.79. The van der Waals surface area contributed by atoms with Gasteiger partial charge in [0.15, 0.2) is 5.69 Å². The van der Waals surface area contributed by atoms with Crippen LogP contribution in [0.5, 0.6) is 0 Å². The average molecular weight is 383 g/mol. The summed E-state index contributed by atoms with van der Waals surface area (Å²) in [7, 11) is 0. The van der Waals surface area contributed by atoms with Crippen LogP contribution in [0.4, 0.5) is 13.2 Å². The summed E-state index contributed by atoms with van der Waals surface area (Å²) in [4.78, 5) is 4.83. The average Bonchev–Trinajstić information content (AvgIpc) is 2.91. The lowest BCUT2D eigenvalue weighted by molar-refractivity contribution is -0.141. The normalized spacial score (nSPS) is 15.8. The van der Waals surface area contributed by atoms with Gasteiger partial charge in [-0.1, -0.05) is 0 Å². The van der Waals surface area contributed by atoms with Gasteiger partial charge in [0.05, 0.1) is 9.75 Å². The van der Waals surface area contributed by atoms with Crippen molar-refractivity contribution in [3.8, 4) is 9.88 Å². The standard InChI is InChI=1S/C12H10BrF3N2S2/c13-6-3-8(19-5-6)11-18-10(12(14,15)16)9(20-11)4-17-7-1-2-7/h3,5,7,17H,1-2,4H2. The van der Waals surface area contributed by atoms with E-state index in [0.717, 1.165) is 33.5 Å². The fraction of sp³-hybridized carbons (Fsp3) is 0.417. The zero-order valence-electron chi connectivity index (χ0n) is 10.1. The zero-order valence-corrected chi connectivity index (χ0v) is 13.3. The first-order valence-electron chi connectivity index (χ1n) is 5.98. The number of nitrogens with one attached hydrogen (secondary N) is 1. The van der Waals surface area contributed by atoms with E-state index in [-0.39, 0.29) is 11.4 Å². The molecule has 0 atom stereocenters. The second-order valence-corrected chi connectivity index (χ2v) is 7.48. The fourth-order valence-electron chi connectivity index (χ4n) is 1.75. The summed E-state index contributed by atoms with van der Waals surface area (Å²) in [6.45, 7) is 0.240. The van der Waals surface area contributed by atoms with Crippen molar-refractivity contribution in [3.05, 3.63) is 26.5 Å². The van der Waals surface area contributed by atoms with Crippen LogP contribution in [0.1, 0.15) is 23.4 Å². The van der Waals surface area contributed by atoms with Gasteiger partial charge in [-0.05, 0) is 34.8 Å². The number of alkyl halides is 3. The van der Waals surface area contributed by atoms with Crippen molar-refractivity contribution in [1.29, 1.82) is 0 Å². The number of rotatable bonds is 4. The van der Waals surface area contributed by atoms with Gasteiger partial charge in [0, 0.05) is 22.4 Å². The highest BCUT2D eigenvalue weighted by Crippen LogP contribution is 2.40. The van der Waals surface area contributed by atoms with E-state index in [1.54, 1.807) is 6.07 Å². The largest absolute Gasteiger partial charge is 0.434 e. The van der Waals surface area contributed by atoms with Crippen LogP contribution < -0.4 is 5.32 Å². The summed E-state index contributed by atoms with van der Waals surface area (Å²) in [6.07, 6.45) is -2.31. The topological polar surface area (TPSA) is 24.9 Å². The van der Waals surface area contributed by atoms with Crippen LogP contribution in [0.15, 0.2) is 15.9 Å². The molecule has 0 saturated heterocycles. The molecule has 2 heterocycles. The molecule has 0 amide bonds. The van der Waals surface area contributed by atoms with E-state index in [9.17, 15) is 13.2 Å². The molecule has 2 aromatic heterocycles. The SMILES string of the molecule is FC(F)(F)c1nc(-c2cc(Br)cs2)sc1CNC1CC1. The van der Waals surface area contributed by atoms with E-state index in [2.05, 4.69) is 26.2 Å². The van der Waals surface area contributed by atoms with E-state index in [1.807, 2.05) is 5.38 Å². The summed E-state index contributed by atoms with van der Waals surface area (Å²) in [6, 6.07) is 2.17. The minimum Gasteiger partial charge on any atom is -0.309 e. The molecule has 1 fully saturated rings. The van der Waals surface area contributed by atoms with Crippen LogP contribution in [0.25, 0.3) is 9.88 Å². The van der Waals surface area contributed by atoms with Gasteiger partial charge >= 0.3 is 6.18 Å². The van der Waals surface area contributed by atoms with E-state index < -0.39 is 11.9 Å². The first-order chi connectivity index (χ1) is 9.43. The molecular weight excluding hydrogens is 373 g/mol. The third-order valence-electron chi connectivity index (χ3n) is 2.87. The number of thiophene rings is 1. The van der Waals surface area contributed by atoms with Gasteiger partial charge in [0.1, 0.15) is 5.01 Å². The molecule has 3 rings (SSSR count). The van der Waals surface area contributed by atoms with Crippen LogP contribution in [-0.2, 0) is 12.7 Å². The molecule has 20 heavy (non-hydrogen) atoms. The van der Waals surface area contributed by atoms with Crippen LogP contribution in [0, 0.1) is 0 Å². The summed E-state index contributed by atoms with van der Waals surface area (Å²) in [5, 5.41) is 5.39. The number of hydrogen-bond acceptors (Lipinski definition) is 4. The molecule has 0 bridgehead atoms. The van der Waals surface area contributed by atoms with Crippen LogP contribution >= 0.6 is 38.6 Å². The van der Waals surface area contributed by atoms with Crippen molar-refractivity contribution in [2.45, 2.75) is 31.6 Å². The predicted octanol–water partition coefficient (Wildman–Crippen LogP) is 4.90. The number of thiazole rings is 1. The fourth-order valence-corrected chi connectivity index (χ4v) is 4.27. The van der Waals surface area contributed by atoms with Crippen LogP contribution in [-0.4, -0.2) is 11.0 Å². The minimum atomic E-state index is -4.40. The Morgan fingerprint density at radius 1 is 1.40 bits per heavy atom. The number of nitrogens with zero attached hydrogens (tertiary/aromatic N) is 1. The number of halogens is 4. The Labute approximate surface area is 130 Å². The Bertz CT molecular complexity index is 616. The summed E-state index contributed by atoms with van der Waals surface area (Å²) in [5.74, 6) is 0. The summed E-state index contributed by atoms with van der Waals surface area (Å²) < 4.78 is 40.0. The molecule has 2 aromatic rings. The number of hydrogen-bond donors (Lipinski definition) is 1. The lowest BCUT2D eigenvalue weighted by atomic mass is 10.3. The minimum absolute atomic E-state index is 0.240. The lowest BCUT2D eigenvalue weighted by Crippen LogP contribution is -2.18. The van der Waals surface area contributed by atoms with Crippen molar-refractivity contribution in [1.82, 2.24) is 10.3 Å². The Hall–Kier alpha value is -0.440. The maximum absolute atomic E-state index is 13.0. The van der Waals surface area contributed by atoms with Crippen molar-refractivity contribution in [2.75, 3.05) is 0 Å². The quantitative estimate of drug-likeness (QED) is 0.812. The maximum atomic E-state index is 13.0. The molecule has 0 aromatic carbocycles. The molecule has 0 radical (unpaired) electrons. The van der Waals surface area contributed by atoms with Crippen LogP contribution in [0.3, 0.4) is 0 Å². The Morgan fingerprint density at radius 3 is 2.70 bits per heavy atom. The molecule has 0 aliphatic heterocycles. The molecule has 1 aliphatic carbocycles. The Kier molecular flexibility index (Phi) is 3.91. The van der Waals surface area contributed by atoms with E-state index in [4.69, 9.17) is 0 Å². The molecule has 1 N–H and O–H groups in total. The highest BCUT2D eigenvalue weighted by molar-refractivity contribution is 9.10. The molecule has 1 aliphatic rings. The highest BCUT2D eigenvalue weighted by atomic mass is 79.9. The molecule has 1 saturated carbocycles. The van der Waals surface area contributed by atoms with Gasteiger partial charge < -0.3 is 5.32 Å². The van der Waals surface area contributed by atoms with Crippen molar-refractivity contribution in [2.24, 2.45) is 0 Å². The Morgan fingerprint density at radius 2 is 2.15 bits per heavy atom. The maximum Gasteiger partial charge on any atom is 0.434 e. The molecular formula is C12H10BrF3N2S2. The molecule has 2 nitrogen and oxygen atoms in total. The first kappa shape index (κ1) is 14.5. The van der Waals surface area contributed by atoms with E-state index in [0.29, 0.717) is 11.0 Å². The van der Waals surface area contributed by atoms with Crippen molar-refractivity contribution < 1.29 is 13.2 Å². The van der Waals surface area contributed by atoms with Gasteiger partial charge in [-0.25, -0.2) is 4.98 Å². The predicted molar refractivity (Wildman–Crippen MR) is 78.0 cm³/mol. The summed E-state index contributed by atoms with van der Waals surface area (Å²) >= 11 is 5.81. The van der Waals surface area contributed by atoms with Gasteiger partial charge in [-0.3, -0.25) is 0 Å². The number of aromatic nitrogens is 1. The molecule has 0 unspecified atom stereocenters. The molecule has 108 valence electrons. The van der Waals surface area contributed by atoms with Gasteiger partial charge in [0.25, 0.3) is 0 Å². The van der Waals surface area contributed by atoms with Crippen LogP contribution in [0.2, 0.25) is 0 Å². The van der Waals surface area contributed by atoms with Crippen molar-refractivity contribution in [3.63, 3.8) is 0 Å². The van der Waals surface area contributed by atoms with Gasteiger partial charge in [-0.15, -0.1) is 22.7 Å². The van der Waals surface area contributed by atoms with Gasteiger partial charge in [0.2, 0.25) is 0 Å². The smallest absolute Gasteiger partial charge is 0.309 e. The third kappa shape index (κ3) is 3.24. The van der Waals surface area contributed by atoms with Crippen molar-refractivity contribution >= 4 is 38.6 Å². The zero-order chi connectivity index (χ0) is 14.3.